The molecule has 0 aliphatic carbocycles. The van der Waals surface area contributed by atoms with Crippen LogP contribution in [-0.4, -0.2) is 62.6 Å². The number of aromatic hydroxyl groups is 1. The Kier molecular flexibility index (Phi) is 6.52. The van der Waals surface area contributed by atoms with E-state index in [1.165, 1.54) is 36.5 Å². The van der Waals surface area contributed by atoms with Crippen molar-refractivity contribution >= 4 is 21.5 Å². The lowest BCUT2D eigenvalue weighted by molar-refractivity contribution is 0.0855. The van der Waals surface area contributed by atoms with Crippen LogP contribution in [0.25, 0.3) is 44.2 Å². The van der Waals surface area contributed by atoms with Crippen LogP contribution in [0.15, 0.2) is 48.7 Å². The van der Waals surface area contributed by atoms with Gasteiger partial charge in [-0.3, -0.25) is 9.88 Å². The van der Waals surface area contributed by atoms with Crippen LogP contribution in [0, 0.1) is 24.0 Å². The Morgan fingerprint density at radius 3 is 2.87 bits per heavy atom. The molecule has 0 bridgehead atoms. The molecule has 1 N–H and O–H groups in total. The van der Waals surface area contributed by atoms with Crippen molar-refractivity contribution in [1.29, 1.82) is 0 Å². The van der Waals surface area contributed by atoms with Crippen LogP contribution in [0.1, 0.15) is 30.5 Å². The van der Waals surface area contributed by atoms with E-state index in [0.29, 0.717) is 49.2 Å². The fourth-order valence-electron chi connectivity index (χ4n) is 7.46. The maximum absolute atomic E-state index is 16.8. The van der Waals surface area contributed by atoms with Crippen molar-refractivity contribution < 1.29 is 27.8 Å². The standard InChI is InChI=1S/C35H29F3N4O3/c1-2-24-28(37)6-4-20-12-23(43)13-26(31(20)24)34-32(38)25-14-30(45-19-35-8-3-9-41(35)17-21(36)15-35)40-33(27(25)16-39-34)29-7-5-22-18-44-11-10-42(22)29/h1,4-7,12-14,16,21,43H,3,8-11,15,17-19H2/t21-,35+/m1/s1. The van der Waals surface area contributed by atoms with Crippen LogP contribution >= 0.6 is 0 Å². The Hall–Kier alpha value is -4.59. The largest absolute Gasteiger partial charge is 0.508 e. The Balaban J connectivity index is 1.32. The second kappa shape index (κ2) is 10.5. The molecule has 2 atom stereocenters. The zero-order valence-electron chi connectivity index (χ0n) is 24.3. The van der Waals surface area contributed by atoms with Crippen LogP contribution in [-0.2, 0) is 17.9 Å². The average molecular weight is 611 g/mol. The van der Waals surface area contributed by atoms with Crippen molar-refractivity contribution in [2.24, 2.45) is 0 Å². The van der Waals surface area contributed by atoms with Gasteiger partial charge in [0.05, 0.1) is 30.0 Å². The molecule has 45 heavy (non-hydrogen) atoms. The number of rotatable bonds is 5. The number of pyridine rings is 2. The van der Waals surface area contributed by atoms with E-state index < -0.39 is 23.3 Å². The van der Waals surface area contributed by atoms with E-state index in [-0.39, 0.29) is 45.8 Å². The topological polar surface area (TPSA) is 72.6 Å². The van der Waals surface area contributed by atoms with Crippen LogP contribution in [0.5, 0.6) is 11.6 Å². The van der Waals surface area contributed by atoms with Crippen molar-refractivity contribution in [1.82, 2.24) is 19.4 Å². The Labute approximate surface area is 257 Å². The number of hydrogen-bond donors (Lipinski definition) is 1. The highest BCUT2D eigenvalue weighted by atomic mass is 19.1. The summed E-state index contributed by atoms with van der Waals surface area (Å²) >= 11 is 0. The first-order valence-electron chi connectivity index (χ1n) is 15.0. The molecule has 0 spiro atoms. The van der Waals surface area contributed by atoms with Gasteiger partial charge in [0, 0.05) is 59.2 Å². The van der Waals surface area contributed by atoms with Crippen molar-refractivity contribution in [3.05, 3.63) is 71.6 Å². The number of aromatic nitrogens is 3. The molecule has 0 amide bonds. The van der Waals surface area contributed by atoms with E-state index in [1.807, 2.05) is 12.1 Å². The number of hydrogen-bond acceptors (Lipinski definition) is 6. The lowest BCUT2D eigenvalue weighted by atomic mass is 9.94. The number of phenols is 1. The number of halogens is 3. The minimum absolute atomic E-state index is 0.0478. The molecule has 2 aromatic carbocycles. The summed E-state index contributed by atoms with van der Waals surface area (Å²) in [5.74, 6) is 1.11. The predicted molar refractivity (Wildman–Crippen MR) is 164 cm³/mol. The second-order valence-electron chi connectivity index (χ2n) is 12.1. The first-order valence-corrected chi connectivity index (χ1v) is 15.0. The highest BCUT2D eigenvalue weighted by Gasteiger charge is 2.49. The molecule has 3 aliphatic heterocycles. The van der Waals surface area contributed by atoms with Gasteiger partial charge >= 0.3 is 0 Å². The molecule has 7 nitrogen and oxygen atoms in total. The molecular weight excluding hydrogens is 581 g/mol. The summed E-state index contributed by atoms with van der Waals surface area (Å²) in [6.45, 7) is 3.02. The number of benzene rings is 2. The first kappa shape index (κ1) is 27.9. The molecule has 5 aromatic rings. The quantitative estimate of drug-likeness (QED) is 0.233. The van der Waals surface area contributed by atoms with Gasteiger partial charge in [-0.2, -0.15) is 0 Å². The van der Waals surface area contributed by atoms with Crippen molar-refractivity contribution in [3.63, 3.8) is 0 Å². The van der Waals surface area contributed by atoms with E-state index >= 15 is 4.39 Å². The van der Waals surface area contributed by atoms with Gasteiger partial charge in [0.1, 0.15) is 35.7 Å². The number of ether oxygens (including phenoxy) is 2. The summed E-state index contributed by atoms with van der Waals surface area (Å²) in [5, 5.41) is 11.9. The van der Waals surface area contributed by atoms with Gasteiger partial charge in [-0.25, -0.2) is 18.2 Å². The highest BCUT2D eigenvalue weighted by Crippen LogP contribution is 2.42. The third-order valence-electron chi connectivity index (χ3n) is 9.53. The molecule has 0 unspecified atom stereocenters. The summed E-state index contributed by atoms with van der Waals surface area (Å²) in [5.41, 5.74) is 1.82. The molecule has 3 aromatic heterocycles. The number of nitrogens with zero attached hydrogens (tertiary/aromatic N) is 4. The molecule has 8 rings (SSSR count). The number of alkyl halides is 1. The van der Waals surface area contributed by atoms with Crippen LogP contribution in [0.2, 0.25) is 0 Å². The molecule has 2 saturated heterocycles. The van der Waals surface area contributed by atoms with Crippen molar-refractivity contribution in [2.45, 2.75) is 44.1 Å². The van der Waals surface area contributed by atoms with Crippen molar-refractivity contribution in [2.75, 3.05) is 26.3 Å². The normalized spacial score (nSPS) is 21.2. The third kappa shape index (κ3) is 4.44. The lowest BCUT2D eigenvalue weighted by Gasteiger charge is -2.31. The second-order valence-corrected chi connectivity index (χ2v) is 12.1. The average Bonchev–Trinajstić information content (AvgIpc) is 3.72. The van der Waals surface area contributed by atoms with E-state index in [2.05, 4.69) is 20.4 Å². The maximum Gasteiger partial charge on any atom is 0.214 e. The summed E-state index contributed by atoms with van der Waals surface area (Å²) in [6.07, 6.45) is 8.48. The number of phenolic OH excluding ortho intramolecular Hbond substituents is 1. The Morgan fingerprint density at radius 1 is 1.11 bits per heavy atom. The van der Waals surface area contributed by atoms with Crippen LogP contribution in [0.3, 0.4) is 0 Å². The molecule has 2 fully saturated rings. The minimum Gasteiger partial charge on any atom is -0.508 e. The summed E-state index contributed by atoms with van der Waals surface area (Å²) in [7, 11) is 0. The van der Waals surface area contributed by atoms with E-state index in [0.717, 1.165) is 30.8 Å². The van der Waals surface area contributed by atoms with Gasteiger partial charge in [-0.05, 0) is 55.1 Å². The summed E-state index contributed by atoms with van der Waals surface area (Å²) in [4.78, 5) is 11.5. The van der Waals surface area contributed by atoms with Gasteiger partial charge in [0.15, 0.2) is 5.82 Å². The summed E-state index contributed by atoms with van der Waals surface area (Å²) in [6, 6.07) is 10.9. The fraction of sp³-hybridized carbons (Fsp3) is 0.314. The molecule has 6 heterocycles. The number of fused-ring (bicyclic) bond motifs is 4. The molecule has 10 heteroatoms. The monoisotopic (exact) mass is 610 g/mol. The smallest absolute Gasteiger partial charge is 0.214 e. The minimum atomic E-state index is -0.913. The first-order chi connectivity index (χ1) is 21.8. The zero-order chi connectivity index (χ0) is 30.9. The van der Waals surface area contributed by atoms with E-state index in [9.17, 15) is 13.9 Å². The van der Waals surface area contributed by atoms with E-state index in [1.54, 1.807) is 0 Å². The van der Waals surface area contributed by atoms with Gasteiger partial charge in [-0.15, -0.1) is 6.42 Å². The van der Waals surface area contributed by atoms with Gasteiger partial charge in [0.2, 0.25) is 5.88 Å². The van der Waals surface area contributed by atoms with E-state index in [4.69, 9.17) is 20.9 Å². The summed E-state index contributed by atoms with van der Waals surface area (Å²) < 4.78 is 60.2. The predicted octanol–water partition coefficient (Wildman–Crippen LogP) is 6.37. The fourth-order valence-corrected chi connectivity index (χ4v) is 7.46. The molecule has 228 valence electrons. The Bertz CT molecular complexity index is 2050. The third-order valence-corrected chi connectivity index (χ3v) is 9.53. The van der Waals surface area contributed by atoms with Gasteiger partial charge in [-0.1, -0.05) is 12.0 Å². The maximum atomic E-state index is 16.8. The SMILES string of the molecule is C#Cc1c(F)ccc2cc(O)cc(-c3ncc4c(-c5ccc6n5CCOC6)nc(OC[C@@]56CCCN5C[C@H](F)C6)cc4c3F)c12. The molecule has 0 radical (unpaired) electrons. The highest BCUT2D eigenvalue weighted by molar-refractivity contribution is 6.03. The number of terminal acetylenes is 1. The zero-order valence-corrected chi connectivity index (χ0v) is 24.3. The van der Waals surface area contributed by atoms with Crippen LogP contribution in [0.4, 0.5) is 13.2 Å². The lowest BCUT2D eigenvalue weighted by Crippen LogP contribution is -2.43. The van der Waals surface area contributed by atoms with Gasteiger partial charge in [0.25, 0.3) is 0 Å². The van der Waals surface area contributed by atoms with Gasteiger partial charge < -0.3 is 19.1 Å². The molecular formula is C35H29F3N4O3. The molecule has 0 saturated carbocycles. The van der Waals surface area contributed by atoms with Crippen LogP contribution < -0.4 is 4.74 Å². The van der Waals surface area contributed by atoms with Crippen molar-refractivity contribution in [3.8, 4) is 46.6 Å². The molecule has 3 aliphatic rings. The Morgan fingerprint density at radius 2 is 2.00 bits per heavy atom.